The zero-order chi connectivity index (χ0) is 10.1. The molecule has 0 aliphatic carbocycles. The maximum absolute atomic E-state index is 12.8. The van der Waals surface area contributed by atoms with E-state index in [2.05, 4.69) is 4.98 Å². The molecule has 0 fully saturated rings. The van der Waals surface area contributed by atoms with Gasteiger partial charge in [-0.05, 0) is 12.1 Å². The van der Waals surface area contributed by atoms with Gasteiger partial charge in [0.15, 0.2) is 0 Å². The largest absolute Gasteiger partial charge is 0.464 e. The maximum Gasteiger partial charge on any atom is 0.357 e. The Labute approximate surface area is 76.4 Å². The number of aromatic amines is 1. The molecule has 0 aromatic carbocycles. The average Bonchev–Trinajstić information content (AvgIpc) is 2.67. The van der Waals surface area contributed by atoms with E-state index in [-0.39, 0.29) is 11.3 Å². The number of aromatic nitrogens is 2. The fourth-order valence-corrected chi connectivity index (χ4v) is 1.06. The van der Waals surface area contributed by atoms with Crippen LogP contribution in [0.2, 0.25) is 0 Å². The van der Waals surface area contributed by atoms with Crippen molar-refractivity contribution in [2.24, 2.45) is 0 Å². The Balaban J connectivity index is 2.74. The van der Waals surface area contributed by atoms with E-state index in [9.17, 15) is 14.1 Å². The van der Waals surface area contributed by atoms with Gasteiger partial charge >= 0.3 is 5.69 Å². The monoisotopic (exact) mass is 196 g/mol. The Morgan fingerprint density at radius 1 is 1.43 bits per heavy atom. The van der Waals surface area contributed by atoms with Crippen molar-refractivity contribution in [1.82, 2.24) is 9.77 Å². The SMILES string of the molecule is O=c1[nH]cc(-c2ccco2)c(=O)n1F. The van der Waals surface area contributed by atoms with Crippen molar-refractivity contribution in [3.8, 4) is 11.3 Å². The van der Waals surface area contributed by atoms with Crippen molar-refractivity contribution in [3.05, 3.63) is 45.4 Å². The molecular formula is C8H5FN2O3. The van der Waals surface area contributed by atoms with Gasteiger partial charge in [0.2, 0.25) is 0 Å². The fraction of sp³-hybridized carbons (Fsp3) is 0. The highest BCUT2D eigenvalue weighted by Gasteiger charge is 2.10. The third kappa shape index (κ3) is 1.17. The summed E-state index contributed by atoms with van der Waals surface area (Å²) in [7, 11) is 0. The molecular weight excluding hydrogens is 191 g/mol. The van der Waals surface area contributed by atoms with Crippen LogP contribution in [-0.4, -0.2) is 9.77 Å². The average molecular weight is 196 g/mol. The molecule has 2 aromatic rings. The molecule has 6 heteroatoms. The lowest BCUT2D eigenvalue weighted by Gasteiger charge is -1.95. The topological polar surface area (TPSA) is 68.0 Å². The summed E-state index contributed by atoms with van der Waals surface area (Å²) >= 11 is 0. The highest BCUT2D eigenvalue weighted by Crippen LogP contribution is 2.13. The zero-order valence-electron chi connectivity index (χ0n) is 6.86. The molecule has 0 amide bonds. The Bertz CT molecular complexity index is 553. The predicted molar refractivity (Wildman–Crippen MR) is 45.5 cm³/mol. The van der Waals surface area contributed by atoms with Gasteiger partial charge < -0.3 is 9.40 Å². The van der Waals surface area contributed by atoms with Gasteiger partial charge in [0, 0.05) is 6.20 Å². The zero-order valence-corrected chi connectivity index (χ0v) is 6.86. The standard InChI is InChI=1S/C8H5FN2O3/c9-11-7(12)5(4-10-8(11)13)6-2-1-3-14-6/h1-4H,(H,10,13). The first-order valence-corrected chi connectivity index (χ1v) is 3.75. The van der Waals surface area contributed by atoms with Crippen molar-refractivity contribution in [3.63, 3.8) is 0 Å². The molecule has 0 spiro atoms. The number of furan rings is 1. The smallest absolute Gasteiger partial charge is 0.357 e. The number of halogens is 1. The quantitative estimate of drug-likeness (QED) is 0.723. The Morgan fingerprint density at radius 3 is 2.86 bits per heavy atom. The molecule has 5 nitrogen and oxygen atoms in total. The highest BCUT2D eigenvalue weighted by molar-refractivity contribution is 5.53. The fourth-order valence-electron chi connectivity index (χ4n) is 1.06. The molecule has 14 heavy (non-hydrogen) atoms. The lowest BCUT2D eigenvalue weighted by atomic mass is 10.2. The molecule has 2 aromatic heterocycles. The van der Waals surface area contributed by atoms with Crippen LogP contribution in [-0.2, 0) is 0 Å². The second-order valence-corrected chi connectivity index (χ2v) is 2.57. The lowest BCUT2D eigenvalue weighted by Crippen LogP contribution is -2.30. The molecule has 0 radical (unpaired) electrons. The minimum absolute atomic E-state index is 0.0305. The summed E-state index contributed by atoms with van der Waals surface area (Å²) < 4.78 is 17.7. The van der Waals surface area contributed by atoms with E-state index >= 15 is 0 Å². The van der Waals surface area contributed by atoms with Crippen molar-refractivity contribution in [2.45, 2.75) is 0 Å². The summed E-state index contributed by atoms with van der Waals surface area (Å²) in [4.78, 5) is 23.4. The summed E-state index contributed by atoms with van der Waals surface area (Å²) in [5.41, 5.74) is -2.17. The molecule has 1 N–H and O–H groups in total. The second-order valence-electron chi connectivity index (χ2n) is 2.57. The van der Waals surface area contributed by atoms with Gasteiger partial charge in [-0.3, -0.25) is 4.79 Å². The summed E-state index contributed by atoms with van der Waals surface area (Å²) in [6.45, 7) is 0. The molecule has 0 unspecified atom stereocenters. The summed E-state index contributed by atoms with van der Waals surface area (Å²) in [5.74, 6) is 0.206. The minimum Gasteiger partial charge on any atom is -0.464 e. The predicted octanol–water partition coefficient (Wildman–Crippen LogP) is 0.529. The van der Waals surface area contributed by atoms with Crippen molar-refractivity contribution in [1.29, 1.82) is 0 Å². The van der Waals surface area contributed by atoms with Crippen LogP contribution in [0.5, 0.6) is 0 Å². The Hall–Kier alpha value is -2.11. The van der Waals surface area contributed by atoms with Gasteiger partial charge in [0.05, 0.1) is 6.26 Å². The Morgan fingerprint density at radius 2 is 2.21 bits per heavy atom. The Kier molecular flexibility index (Phi) is 1.81. The van der Waals surface area contributed by atoms with Gasteiger partial charge in [0.1, 0.15) is 11.3 Å². The maximum atomic E-state index is 12.8. The second kappa shape index (κ2) is 2.99. The van der Waals surface area contributed by atoms with Crippen LogP contribution in [0.1, 0.15) is 0 Å². The van der Waals surface area contributed by atoms with Crippen LogP contribution < -0.4 is 11.2 Å². The number of nitrogens with one attached hydrogen (secondary N) is 1. The molecule has 0 bridgehead atoms. The minimum atomic E-state index is -1.11. The third-order valence-corrected chi connectivity index (χ3v) is 1.71. The van der Waals surface area contributed by atoms with Gasteiger partial charge in [0.25, 0.3) is 5.56 Å². The number of H-pyrrole nitrogens is 1. The van der Waals surface area contributed by atoms with Gasteiger partial charge in [-0.1, -0.05) is 9.27 Å². The van der Waals surface area contributed by atoms with Crippen LogP contribution in [0.25, 0.3) is 11.3 Å². The van der Waals surface area contributed by atoms with Gasteiger partial charge in [-0.15, -0.1) is 0 Å². The van der Waals surface area contributed by atoms with Crippen molar-refractivity contribution in [2.75, 3.05) is 0 Å². The van der Waals surface area contributed by atoms with E-state index in [0.717, 1.165) is 6.20 Å². The normalized spacial score (nSPS) is 10.4. The van der Waals surface area contributed by atoms with Gasteiger partial charge in [-0.25, -0.2) is 4.79 Å². The summed E-state index contributed by atoms with van der Waals surface area (Å²) in [6.07, 6.45) is 2.46. The first kappa shape index (κ1) is 8.49. The molecule has 0 saturated heterocycles. The van der Waals surface area contributed by atoms with E-state index in [0.29, 0.717) is 0 Å². The van der Waals surface area contributed by atoms with E-state index in [1.165, 1.54) is 12.3 Å². The van der Waals surface area contributed by atoms with Gasteiger partial charge in [-0.2, -0.15) is 0 Å². The number of hydrogen-bond donors (Lipinski definition) is 1. The lowest BCUT2D eigenvalue weighted by molar-refractivity contribution is 0.330. The molecule has 72 valence electrons. The molecule has 2 rings (SSSR count). The molecule has 0 aliphatic rings. The molecule has 0 saturated carbocycles. The number of rotatable bonds is 1. The number of nitrogens with zero attached hydrogens (tertiary/aromatic N) is 1. The molecule has 2 heterocycles. The molecule has 0 aliphatic heterocycles. The first-order chi connectivity index (χ1) is 6.70. The summed E-state index contributed by atoms with van der Waals surface area (Å²) in [6, 6.07) is 3.05. The van der Waals surface area contributed by atoms with Crippen LogP contribution in [0.4, 0.5) is 4.48 Å². The van der Waals surface area contributed by atoms with Crippen LogP contribution >= 0.6 is 0 Å². The first-order valence-electron chi connectivity index (χ1n) is 3.75. The van der Waals surface area contributed by atoms with E-state index < -0.39 is 16.0 Å². The highest BCUT2D eigenvalue weighted by atomic mass is 19.2. The number of hydrogen-bond acceptors (Lipinski definition) is 3. The van der Waals surface area contributed by atoms with Crippen LogP contribution in [0, 0.1) is 0 Å². The third-order valence-electron chi connectivity index (χ3n) is 1.71. The summed E-state index contributed by atoms with van der Waals surface area (Å²) in [5, 5.41) is 0. The van der Waals surface area contributed by atoms with Crippen LogP contribution in [0.15, 0.2) is 38.6 Å². The van der Waals surface area contributed by atoms with Crippen molar-refractivity contribution >= 4 is 0 Å². The van der Waals surface area contributed by atoms with Crippen molar-refractivity contribution < 1.29 is 8.90 Å². The van der Waals surface area contributed by atoms with Crippen LogP contribution in [0.3, 0.4) is 0 Å². The van der Waals surface area contributed by atoms with E-state index in [4.69, 9.17) is 4.42 Å². The van der Waals surface area contributed by atoms with E-state index in [1.807, 2.05) is 0 Å². The molecule has 0 atom stereocenters. The van der Waals surface area contributed by atoms with E-state index in [1.54, 1.807) is 6.07 Å².